The van der Waals surface area contributed by atoms with Crippen molar-refractivity contribution in [2.24, 2.45) is 0 Å². The average Bonchev–Trinajstić information content (AvgIpc) is 3.09. The summed E-state index contributed by atoms with van der Waals surface area (Å²) in [5.74, 6) is -1.40. The summed E-state index contributed by atoms with van der Waals surface area (Å²) in [5, 5.41) is 19.9. The van der Waals surface area contributed by atoms with Crippen molar-refractivity contribution in [2.75, 3.05) is 12.4 Å². The lowest BCUT2D eigenvalue weighted by Gasteiger charge is -2.10. The molecule has 1 aromatic carbocycles. The Morgan fingerprint density at radius 3 is 2.54 bits per heavy atom. The molecule has 0 fully saturated rings. The van der Waals surface area contributed by atoms with Crippen molar-refractivity contribution in [2.45, 2.75) is 6.92 Å². The number of pyridine rings is 1. The number of anilines is 1. The first kappa shape index (κ1) is 17.5. The maximum absolute atomic E-state index is 12.6. The number of ether oxygens (including phenoxy) is 1. The molecule has 3 rings (SSSR count). The van der Waals surface area contributed by atoms with Gasteiger partial charge in [0.15, 0.2) is 0 Å². The standard InChI is InChI=1S/C17H14N4O4S/c1-9-7-12(10-3-5-11(6-4-10)15(23)24)13(8-18-9)14(22)19-16-20-21-17(25-2)26-16/h3-8H,1-2H3,(H,23,24)(H,19,20,22). The highest BCUT2D eigenvalue weighted by molar-refractivity contribution is 7.17. The largest absolute Gasteiger partial charge is 0.478 e. The number of benzene rings is 1. The highest BCUT2D eigenvalue weighted by Gasteiger charge is 2.17. The number of rotatable bonds is 5. The van der Waals surface area contributed by atoms with Crippen molar-refractivity contribution in [3.8, 4) is 16.3 Å². The molecule has 2 N–H and O–H groups in total. The molecule has 0 atom stereocenters. The summed E-state index contributed by atoms with van der Waals surface area (Å²) in [5.41, 5.74) is 2.60. The molecule has 0 spiro atoms. The molecule has 0 saturated carbocycles. The first-order valence-electron chi connectivity index (χ1n) is 7.47. The summed E-state index contributed by atoms with van der Waals surface area (Å²) in [6.45, 7) is 1.81. The van der Waals surface area contributed by atoms with Crippen molar-refractivity contribution >= 4 is 28.3 Å². The van der Waals surface area contributed by atoms with Crippen LogP contribution in [0, 0.1) is 6.92 Å². The zero-order valence-electron chi connectivity index (χ0n) is 13.9. The number of nitrogens with one attached hydrogen (secondary N) is 1. The number of aryl methyl sites for hydroxylation is 1. The van der Waals surface area contributed by atoms with Gasteiger partial charge < -0.3 is 9.84 Å². The molecule has 1 amide bonds. The lowest BCUT2D eigenvalue weighted by molar-refractivity contribution is 0.0696. The number of hydrogen-bond donors (Lipinski definition) is 2. The van der Waals surface area contributed by atoms with Gasteiger partial charge in [-0.1, -0.05) is 17.2 Å². The third-order valence-corrected chi connectivity index (χ3v) is 4.33. The minimum atomic E-state index is -1.01. The van der Waals surface area contributed by atoms with Crippen molar-refractivity contribution in [3.05, 3.63) is 53.3 Å². The van der Waals surface area contributed by atoms with E-state index in [0.29, 0.717) is 27.0 Å². The molecule has 0 radical (unpaired) electrons. The summed E-state index contributed by atoms with van der Waals surface area (Å²) >= 11 is 1.10. The van der Waals surface area contributed by atoms with E-state index in [1.54, 1.807) is 18.2 Å². The number of methoxy groups -OCH3 is 1. The van der Waals surface area contributed by atoms with Crippen molar-refractivity contribution in [1.29, 1.82) is 0 Å². The van der Waals surface area contributed by atoms with Crippen LogP contribution in [0.25, 0.3) is 11.1 Å². The van der Waals surface area contributed by atoms with Gasteiger partial charge in [0.05, 0.1) is 18.2 Å². The molecule has 2 heterocycles. The molecule has 26 heavy (non-hydrogen) atoms. The molecule has 0 aliphatic carbocycles. The van der Waals surface area contributed by atoms with Crippen molar-refractivity contribution < 1.29 is 19.4 Å². The number of amides is 1. The molecule has 0 unspecified atom stereocenters. The molecule has 8 nitrogen and oxygen atoms in total. The molecule has 0 aliphatic heterocycles. The molecule has 0 aliphatic rings. The van der Waals surface area contributed by atoms with Crippen LogP contribution >= 0.6 is 11.3 Å². The number of carboxylic acids is 1. The second kappa shape index (κ2) is 7.28. The lowest BCUT2D eigenvalue weighted by atomic mass is 9.99. The molecule has 2 aromatic heterocycles. The van der Waals surface area contributed by atoms with E-state index in [-0.39, 0.29) is 5.56 Å². The summed E-state index contributed by atoms with van der Waals surface area (Å²) in [4.78, 5) is 27.8. The van der Waals surface area contributed by atoms with Crippen LogP contribution in [0.1, 0.15) is 26.4 Å². The SMILES string of the molecule is COc1nnc(NC(=O)c2cnc(C)cc2-c2ccc(C(=O)O)cc2)s1. The third kappa shape index (κ3) is 3.67. The Balaban J connectivity index is 1.94. The van der Waals surface area contributed by atoms with Gasteiger partial charge in [0.1, 0.15) is 0 Å². The van der Waals surface area contributed by atoms with E-state index in [9.17, 15) is 9.59 Å². The van der Waals surface area contributed by atoms with Gasteiger partial charge in [-0.25, -0.2) is 4.79 Å². The van der Waals surface area contributed by atoms with E-state index in [1.807, 2.05) is 6.92 Å². The Morgan fingerprint density at radius 1 is 1.19 bits per heavy atom. The summed E-state index contributed by atoms with van der Waals surface area (Å²) in [6.07, 6.45) is 1.48. The second-order valence-electron chi connectivity index (χ2n) is 5.29. The molecule has 132 valence electrons. The fourth-order valence-corrected chi connectivity index (χ4v) is 2.83. The number of aromatic carboxylic acids is 1. The number of aromatic nitrogens is 3. The zero-order valence-corrected chi connectivity index (χ0v) is 14.7. The number of carboxylic acid groups (broad SMARTS) is 1. The number of carbonyl (C=O) groups is 2. The minimum Gasteiger partial charge on any atom is -0.478 e. The third-order valence-electron chi connectivity index (χ3n) is 3.53. The van der Waals surface area contributed by atoms with E-state index in [2.05, 4.69) is 20.5 Å². The maximum Gasteiger partial charge on any atom is 0.335 e. The predicted octanol–water partition coefficient (Wildman–Crippen LogP) is 2.87. The Hall–Kier alpha value is -3.33. The maximum atomic E-state index is 12.6. The molecular formula is C17H14N4O4S. The van der Waals surface area contributed by atoms with E-state index in [1.165, 1.54) is 25.4 Å². The van der Waals surface area contributed by atoms with E-state index >= 15 is 0 Å². The highest BCUT2D eigenvalue weighted by Crippen LogP contribution is 2.27. The minimum absolute atomic E-state index is 0.173. The predicted molar refractivity (Wildman–Crippen MR) is 95.8 cm³/mol. The Labute approximate surface area is 152 Å². The van der Waals surface area contributed by atoms with Crippen LogP contribution in [0.4, 0.5) is 5.13 Å². The first-order chi connectivity index (χ1) is 12.5. The molecule has 3 aromatic rings. The van der Waals surface area contributed by atoms with Crippen molar-refractivity contribution in [1.82, 2.24) is 15.2 Å². The van der Waals surface area contributed by atoms with Gasteiger partial charge >= 0.3 is 5.97 Å². The van der Waals surface area contributed by atoms with Gasteiger partial charge in [-0.2, -0.15) is 0 Å². The van der Waals surface area contributed by atoms with Crippen LogP contribution in [0.3, 0.4) is 0 Å². The molecule has 0 saturated heterocycles. The number of hydrogen-bond acceptors (Lipinski definition) is 7. The van der Waals surface area contributed by atoms with Crippen LogP contribution in [0.2, 0.25) is 0 Å². The fourth-order valence-electron chi connectivity index (χ4n) is 2.28. The summed E-state index contributed by atoms with van der Waals surface area (Å²) in [7, 11) is 1.47. The zero-order chi connectivity index (χ0) is 18.7. The van der Waals surface area contributed by atoms with E-state index < -0.39 is 11.9 Å². The molecular weight excluding hydrogens is 356 g/mol. The van der Waals surface area contributed by atoms with Gasteiger partial charge in [-0.3, -0.25) is 15.1 Å². The van der Waals surface area contributed by atoms with Gasteiger partial charge in [-0.15, -0.1) is 5.10 Å². The Kier molecular flexibility index (Phi) is 4.90. The Morgan fingerprint density at radius 2 is 1.92 bits per heavy atom. The quantitative estimate of drug-likeness (QED) is 0.709. The number of carbonyl (C=O) groups excluding carboxylic acids is 1. The second-order valence-corrected chi connectivity index (χ2v) is 6.23. The van der Waals surface area contributed by atoms with Gasteiger partial charge in [0.25, 0.3) is 11.1 Å². The average molecular weight is 370 g/mol. The van der Waals surface area contributed by atoms with E-state index in [4.69, 9.17) is 9.84 Å². The van der Waals surface area contributed by atoms with Crippen LogP contribution in [0.5, 0.6) is 5.19 Å². The number of nitrogens with zero attached hydrogens (tertiary/aromatic N) is 3. The van der Waals surface area contributed by atoms with Gasteiger partial charge in [-0.05, 0) is 47.6 Å². The van der Waals surface area contributed by atoms with Crippen LogP contribution in [-0.2, 0) is 0 Å². The van der Waals surface area contributed by atoms with Crippen LogP contribution in [-0.4, -0.2) is 39.3 Å². The monoisotopic (exact) mass is 370 g/mol. The van der Waals surface area contributed by atoms with Gasteiger partial charge in [0.2, 0.25) is 5.13 Å². The highest BCUT2D eigenvalue weighted by atomic mass is 32.1. The summed E-state index contributed by atoms with van der Waals surface area (Å²) < 4.78 is 4.95. The normalized spacial score (nSPS) is 10.4. The van der Waals surface area contributed by atoms with E-state index in [0.717, 1.165) is 17.0 Å². The molecule has 9 heteroatoms. The fraction of sp³-hybridized carbons (Fsp3) is 0.118. The van der Waals surface area contributed by atoms with Crippen LogP contribution < -0.4 is 10.1 Å². The van der Waals surface area contributed by atoms with Crippen LogP contribution in [0.15, 0.2) is 36.5 Å². The first-order valence-corrected chi connectivity index (χ1v) is 8.29. The lowest BCUT2D eigenvalue weighted by Crippen LogP contribution is -2.14. The van der Waals surface area contributed by atoms with Crippen molar-refractivity contribution in [3.63, 3.8) is 0 Å². The van der Waals surface area contributed by atoms with Gasteiger partial charge in [0, 0.05) is 11.9 Å². The summed E-state index contributed by atoms with van der Waals surface area (Å²) in [6, 6.07) is 8.06. The smallest absolute Gasteiger partial charge is 0.335 e. The Bertz CT molecular complexity index is 969. The molecule has 0 bridgehead atoms. The topological polar surface area (TPSA) is 114 Å².